The summed E-state index contributed by atoms with van der Waals surface area (Å²) in [5.74, 6) is 0.322. The minimum absolute atomic E-state index is 0.0528. The lowest BCUT2D eigenvalue weighted by Crippen LogP contribution is -2.36. The lowest BCUT2D eigenvalue weighted by Gasteiger charge is -2.17. The Morgan fingerprint density at radius 3 is 2.63 bits per heavy atom. The van der Waals surface area contributed by atoms with Gasteiger partial charge in [0.1, 0.15) is 0 Å². The smallest absolute Gasteiger partial charge is 0.319 e. The summed E-state index contributed by atoms with van der Waals surface area (Å²) in [7, 11) is 0. The van der Waals surface area contributed by atoms with Gasteiger partial charge in [0, 0.05) is 22.8 Å². The molecule has 0 spiro atoms. The van der Waals surface area contributed by atoms with E-state index in [-0.39, 0.29) is 18.7 Å². The topological polar surface area (TPSA) is 61.4 Å². The summed E-state index contributed by atoms with van der Waals surface area (Å²) in [5, 5.41) is 14.5. The average molecular weight is 329 g/mol. The van der Waals surface area contributed by atoms with Crippen LogP contribution in [0.5, 0.6) is 0 Å². The van der Waals surface area contributed by atoms with Gasteiger partial charge in [-0.1, -0.05) is 29.8 Å². The van der Waals surface area contributed by atoms with Gasteiger partial charge in [-0.2, -0.15) is 0 Å². The fourth-order valence-corrected chi connectivity index (χ4v) is 2.15. The van der Waals surface area contributed by atoms with Crippen molar-refractivity contribution in [2.24, 2.45) is 0 Å². The monoisotopic (exact) mass is 328 g/mol. The molecule has 5 heteroatoms. The Morgan fingerprint density at radius 2 is 2.05 bits per heavy atom. The van der Waals surface area contributed by atoms with E-state index in [4.69, 9.17) is 5.11 Å². The summed E-state index contributed by atoms with van der Waals surface area (Å²) in [5.41, 5.74) is 1.89. The lowest BCUT2D eigenvalue weighted by molar-refractivity contribution is 0.241. The third-order valence-corrected chi connectivity index (χ3v) is 3.32. The lowest BCUT2D eigenvalue weighted by atomic mass is 10.0. The minimum Gasteiger partial charge on any atom is -0.396 e. The molecular formula is C14H21BrN2O2. The molecule has 0 radical (unpaired) electrons. The van der Waals surface area contributed by atoms with Crippen molar-refractivity contribution in [1.29, 1.82) is 0 Å². The van der Waals surface area contributed by atoms with Crippen LogP contribution in [-0.4, -0.2) is 23.8 Å². The van der Waals surface area contributed by atoms with Crippen LogP contribution in [0.15, 0.2) is 22.7 Å². The van der Waals surface area contributed by atoms with E-state index in [2.05, 4.69) is 40.4 Å². The van der Waals surface area contributed by atoms with E-state index in [1.54, 1.807) is 0 Å². The van der Waals surface area contributed by atoms with Gasteiger partial charge in [0.2, 0.25) is 0 Å². The molecular weight excluding hydrogens is 308 g/mol. The van der Waals surface area contributed by atoms with E-state index in [1.165, 1.54) is 0 Å². The SMILES string of the molecule is CC(C)c1cc(Br)ccc1NC(=O)N[C@H](C)CCO. The van der Waals surface area contributed by atoms with Gasteiger partial charge in [-0.25, -0.2) is 4.79 Å². The number of urea groups is 1. The van der Waals surface area contributed by atoms with Crippen molar-refractivity contribution < 1.29 is 9.90 Å². The predicted octanol–water partition coefficient (Wildman–Crippen LogP) is 3.46. The summed E-state index contributed by atoms with van der Waals surface area (Å²) in [4.78, 5) is 11.8. The van der Waals surface area contributed by atoms with Crippen LogP contribution in [0.3, 0.4) is 0 Å². The number of hydrogen-bond donors (Lipinski definition) is 3. The van der Waals surface area contributed by atoms with Crippen LogP contribution >= 0.6 is 15.9 Å². The molecule has 3 N–H and O–H groups in total. The molecule has 1 atom stereocenters. The first kappa shape index (κ1) is 16.0. The van der Waals surface area contributed by atoms with Crippen LogP contribution in [0.4, 0.5) is 10.5 Å². The molecule has 1 aromatic rings. The second kappa shape index (κ2) is 7.50. The van der Waals surface area contributed by atoms with Crippen molar-refractivity contribution in [3.8, 4) is 0 Å². The number of amides is 2. The second-order valence-electron chi connectivity index (χ2n) is 4.90. The van der Waals surface area contributed by atoms with Gasteiger partial charge >= 0.3 is 6.03 Å². The zero-order valence-corrected chi connectivity index (χ0v) is 13.1. The Kier molecular flexibility index (Phi) is 6.31. The van der Waals surface area contributed by atoms with Crippen LogP contribution < -0.4 is 10.6 Å². The van der Waals surface area contributed by atoms with Crippen LogP contribution in [0, 0.1) is 0 Å². The number of nitrogens with one attached hydrogen (secondary N) is 2. The van der Waals surface area contributed by atoms with E-state index in [1.807, 2.05) is 25.1 Å². The van der Waals surface area contributed by atoms with Crippen molar-refractivity contribution in [3.05, 3.63) is 28.2 Å². The largest absolute Gasteiger partial charge is 0.396 e. The first-order valence-corrected chi connectivity index (χ1v) is 7.21. The fraction of sp³-hybridized carbons (Fsp3) is 0.500. The molecule has 0 saturated carbocycles. The molecule has 0 aliphatic carbocycles. The highest BCUT2D eigenvalue weighted by Crippen LogP contribution is 2.27. The third-order valence-electron chi connectivity index (χ3n) is 2.82. The number of carbonyl (C=O) groups is 1. The highest BCUT2D eigenvalue weighted by Gasteiger charge is 2.11. The zero-order valence-electron chi connectivity index (χ0n) is 11.5. The maximum atomic E-state index is 11.8. The minimum atomic E-state index is -0.245. The third kappa shape index (κ3) is 5.20. The summed E-state index contributed by atoms with van der Waals surface area (Å²) in [6.45, 7) is 6.09. The van der Waals surface area contributed by atoms with Crippen LogP contribution in [0.1, 0.15) is 38.7 Å². The molecule has 0 bridgehead atoms. The average Bonchev–Trinajstić information content (AvgIpc) is 2.31. The number of rotatable bonds is 5. The Bertz CT molecular complexity index is 435. The number of benzene rings is 1. The number of hydrogen-bond acceptors (Lipinski definition) is 2. The van der Waals surface area contributed by atoms with Crippen molar-refractivity contribution in [3.63, 3.8) is 0 Å². The van der Waals surface area contributed by atoms with Crippen LogP contribution in [0.2, 0.25) is 0 Å². The molecule has 0 fully saturated rings. The quantitative estimate of drug-likeness (QED) is 0.775. The standard InChI is InChI=1S/C14H21BrN2O2/c1-9(2)12-8-11(15)4-5-13(12)17-14(19)16-10(3)6-7-18/h4-5,8-10,18H,6-7H2,1-3H3,(H2,16,17,19)/t10-/m1/s1. The number of halogens is 1. The maximum Gasteiger partial charge on any atom is 0.319 e. The van der Waals surface area contributed by atoms with Crippen LogP contribution in [-0.2, 0) is 0 Å². The summed E-state index contributed by atoms with van der Waals surface area (Å²) in [6.07, 6.45) is 0.546. The summed E-state index contributed by atoms with van der Waals surface area (Å²) >= 11 is 3.44. The highest BCUT2D eigenvalue weighted by atomic mass is 79.9. The Morgan fingerprint density at radius 1 is 1.37 bits per heavy atom. The Balaban J connectivity index is 2.73. The number of anilines is 1. The zero-order chi connectivity index (χ0) is 14.4. The molecule has 0 unspecified atom stereocenters. The molecule has 2 amide bonds. The highest BCUT2D eigenvalue weighted by molar-refractivity contribution is 9.10. The van der Waals surface area contributed by atoms with Crippen molar-refractivity contribution in [1.82, 2.24) is 5.32 Å². The number of aliphatic hydroxyl groups is 1. The van der Waals surface area contributed by atoms with Gasteiger partial charge in [-0.15, -0.1) is 0 Å². The Labute approximate surface area is 122 Å². The van der Waals surface area contributed by atoms with Gasteiger partial charge < -0.3 is 15.7 Å². The van der Waals surface area contributed by atoms with Crippen molar-refractivity contribution in [2.45, 2.75) is 39.2 Å². The summed E-state index contributed by atoms with van der Waals surface area (Å²) in [6, 6.07) is 5.50. The number of carbonyl (C=O) groups excluding carboxylic acids is 1. The molecule has 0 aliphatic heterocycles. The molecule has 1 rings (SSSR count). The molecule has 1 aromatic carbocycles. The summed E-state index contributed by atoms with van der Waals surface area (Å²) < 4.78 is 0.996. The molecule has 0 saturated heterocycles. The van der Waals surface area contributed by atoms with Gasteiger partial charge in [0.15, 0.2) is 0 Å². The van der Waals surface area contributed by atoms with E-state index in [0.29, 0.717) is 12.3 Å². The molecule has 0 heterocycles. The molecule has 19 heavy (non-hydrogen) atoms. The normalized spacial score (nSPS) is 12.3. The van der Waals surface area contributed by atoms with Gasteiger partial charge in [-0.3, -0.25) is 0 Å². The molecule has 4 nitrogen and oxygen atoms in total. The molecule has 0 aliphatic rings. The van der Waals surface area contributed by atoms with E-state index in [9.17, 15) is 4.79 Å². The first-order valence-electron chi connectivity index (χ1n) is 6.42. The maximum absolute atomic E-state index is 11.8. The van der Waals surface area contributed by atoms with E-state index >= 15 is 0 Å². The molecule has 0 aromatic heterocycles. The fourth-order valence-electron chi connectivity index (χ4n) is 1.77. The van der Waals surface area contributed by atoms with Crippen molar-refractivity contribution >= 4 is 27.6 Å². The first-order chi connectivity index (χ1) is 8.93. The van der Waals surface area contributed by atoms with Crippen LogP contribution in [0.25, 0.3) is 0 Å². The molecule has 106 valence electrons. The van der Waals surface area contributed by atoms with Gasteiger partial charge in [0.25, 0.3) is 0 Å². The van der Waals surface area contributed by atoms with Gasteiger partial charge in [0.05, 0.1) is 0 Å². The second-order valence-corrected chi connectivity index (χ2v) is 5.81. The Hall–Kier alpha value is -1.07. The van der Waals surface area contributed by atoms with Gasteiger partial charge in [-0.05, 0) is 43.0 Å². The number of aliphatic hydroxyl groups excluding tert-OH is 1. The predicted molar refractivity (Wildman–Crippen MR) is 81.6 cm³/mol. The van der Waals surface area contributed by atoms with E-state index < -0.39 is 0 Å². The van der Waals surface area contributed by atoms with Crippen molar-refractivity contribution in [2.75, 3.05) is 11.9 Å². The van der Waals surface area contributed by atoms with E-state index in [0.717, 1.165) is 15.7 Å².